The summed E-state index contributed by atoms with van der Waals surface area (Å²) in [5.74, 6) is 0.467. The Morgan fingerprint density at radius 3 is 2.72 bits per heavy atom. The van der Waals surface area contributed by atoms with Crippen LogP contribution < -0.4 is 15.6 Å². The molecule has 0 bridgehead atoms. The van der Waals surface area contributed by atoms with Crippen molar-refractivity contribution in [2.24, 2.45) is 0 Å². The largest absolute Gasteiger partial charge is 0.494 e. The number of rotatable bonds is 6. The molecule has 0 saturated carbocycles. The maximum Gasteiger partial charge on any atom is 0.262 e. The topological polar surface area (TPSA) is 73.2 Å². The molecule has 0 aliphatic carbocycles. The second kappa shape index (κ2) is 7.48. The first-order valence-electron chi connectivity index (χ1n) is 8.11. The highest BCUT2D eigenvalue weighted by atomic mass is 32.1. The molecule has 7 heteroatoms. The third kappa shape index (κ3) is 3.88. The van der Waals surface area contributed by atoms with Gasteiger partial charge in [0.25, 0.3) is 5.56 Å². The molecule has 0 fully saturated rings. The molecule has 1 N–H and O–H groups in total. The first-order valence-corrected chi connectivity index (χ1v) is 8.93. The fraction of sp³-hybridized carbons (Fsp3) is 0.278. The summed E-state index contributed by atoms with van der Waals surface area (Å²) in [7, 11) is 0. The molecular formula is C18H19N3O3S. The molecule has 0 aliphatic rings. The SMILES string of the molecule is CCOc1ccc(NC(=O)Cn2cnc3sc(CC)cc3c2=O)cc1. The summed E-state index contributed by atoms with van der Waals surface area (Å²) in [6.45, 7) is 4.46. The summed E-state index contributed by atoms with van der Waals surface area (Å²) >= 11 is 1.51. The Hall–Kier alpha value is -2.67. The molecule has 3 aromatic rings. The first-order chi connectivity index (χ1) is 12.1. The lowest BCUT2D eigenvalue weighted by Crippen LogP contribution is -2.27. The maximum atomic E-state index is 12.5. The van der Waals surface area contributed by atoms with Crippen molar-refractivity contribution in [2.75, 3.05) is 11.9 Å². The number of anilines is 1. The van der Waals surface area contributed by atoms with Gasteiger partial charge >= 0.3 is 0 Å². The fourth-order valence-corrected chi connectivity index (χ4v) is 3.38. The second-order valence-corrected chi connectivity index (χ2v) is 6.58. The molecule has 2 heterocycles. The summed E-state index contributed by atoms with van der Waals surface area (Å²) in [6, 6.07) is 8.96. The molecule has 3 rings (SSSR count). The van der Waals surface area contributed by atoms with Crippen molar-refractivity contribution < 1.29 is 9.53 Å². The standard InChI is InChI=1S/C18H19N3O3S/c1-3-14-9-15-17(25-14)19-11-21(18(15)23)10-16(22)20-12-5-7-13(8-6-12)24-4-2/h5-9,11H,3-4,10H2,1-2H3,(H,20,22). The average Bonchev–Trinajstić information content (AvgIpc) is 3.04. The number of nitrogens with one attached hydrogen (secondary N) is 1. The van der Waals surface area contributed by atoms with Gasteiger partial charge in [-0.15, -0.1) is 11.3 Å². The van der Waals surface area contributed by atoms with Crippen LogP contribution in [0.2, 0.25) is 0 Å². The van der Waals surface area contributed by atoms with Gasteiger partial charge in [-0.3, -0.25) is 14.2 Å². The third-order valence-corrected chi connectivity index (χ3v) is 4.87. The normalized spacial score (nSPS) is 10.8. The number of fused-ring (bicyclic) bond motifs is 1. The van der Waals surface area contributed by atoms with Crippen LogP contribution in [0, 0.1) is 0 Å². The van der Waals surface area contributed by atoms with E-state index in [0.29, 0.717) is 22.5 Å². The van der Waals surface area contributed by atoms with Gasteiger partial charge in [0.2, 0.25) is 5.91 Å². The fourth-order valence-electron chi connectivity index (χ4n) is 2.45. The molecule has 1 amide bonds. The van der Waals surface area contributed by atoms with E-state index in [1.807, 2.05) is 19.9 Å². The van der Waals surface area contributed by atoms with Crippen molar-refractivity contribution in [3.05, 3.63) is 51.9 Å². The van der Waals surface area contributed by atoms with Gasteiger partial charge in [-0.1, -0.05) is 6.92 Å². The number of hydrogen-bond donors (Lipinski definition) is 1. The Morgan fingerprint density at radius 1 is 1.28 bits per heavy atom. The summed E-state index contributed by atoms with van der Waals surface area (Å²) in [4.78, 5) is 30.8. The van der Waals surface area contributed by atoms with E-state index in [0.717, 1.165) is 17.0 Å². The van der Waals surface area contributed by atoms with Crippen LogP contribution in [-0.2, 0) is 17.8 Å². The van der Waals surface area contributed by atoms with Crippen molar-refractivity contribution in [3.8, 4) is 5.75 Å². The van der Waals surface area contributed by atoms with E-state index in [1.165, 1.54) is 22.2 Å². The number of aromatic nitrogens is 2. The van der Waals surface area contributed by atoms with Crippen molar-refractivity contribution in [3.63, 3.8) is 0 Å². The molecule has 0 radical (unpaired) electrons. The maximum absolute atomic E-state index is 12.5. The first kappa shape index (κ1) is 17.2. The van der Waals surface area contributed by atoms with Gasteiger partial charge in [0.15, 0.2) is 0 Å². The summed E-state index contributed by atoms with van der Waals surface area (Å²) in [5, 5.41) is 3.34. The molecule has 0 aliphatic heterocycles. The van der Waals surface area contributed by atoms with E-state index < -0.39 is 0 Å². The van der Waals surface area contributed by atoms with Gasteiger partial charge in [0.05, 0.1) is 18.3 Å². The number of hydrogen-bond acceptors (Lipinski definition) is 5. The zero-order chi connectivity index (χ0) is 17.8. The Bertz CT molecular complexity index is 944. The third-order valence-electron chi connectivity index (χ3n) is 3.68. The molecule has 0 spiro atoms. The van der Waals surface area contributed by atoms with Crippen LogP contribution in [0.1, 0.15) is 18.7 Å². The van der Waals surface area contributed by atoms with Gasteiger partial charge in [0.1, 0.15) is 17.1 Å². The second-order valence-electron chi connectivity index (χ2n) is 5.47. The predicted octanol–water partition coefficient (Wildman–Crippen LogP) is 3.06. The van der Waals surface area contributed by atoms with Crippen LogP contribution in [0.3, 0.4) is 0 Å². The lowest BCUT2D eigenvalue weighted by molar-refractivity contribution is -0.116. The minimum atomic E-state index is -0.279. The lowest BCUT2D eigenvalue weighted by atomic mass is 10.3. The van der Waals surface area contributed by atoms with Crippen molar-refractivity contribution in [1.82, 2.24) is 9.55 Å². The van der Waals surface area contributed by atoms with Crippen molar-refractivity contribution >= 4 is 33.1 Å². The number of carbonyl (C=O) groups is 1. The van der Waals surface area contributed by atoms with Gasteiger partial charge in [0, 0.05) is 10.6 Å². The predicted molar refractivity (Wildman–Crippen MR) is 99.5 cm³/mol. The van der Waals surface area contributed by atoms with Crippen molar-refractivity contribution in [2.45, 2.75) is 26.8 Å². The van der Waals surface area contributed by atoms with E-state index in [1.54, 1.807) is 24.3 Å². The minimum absolute atomic E-state index is 0.0771. The Morgan fingerprint density at radius 2 is 2.04 bits per heavy atom. The molecular weight excluding hydrogens is 338 g/mol. The number of thiophene rings is 1. The average molecular weight is 357 g/mol. The number of aryl methyl sites for hydroxylation is 1. The van der Waals surface area contributed by atoms with Gasteiger partial charge in [-0.2, -0.15) is 0 Å². The van der Waals surface area contributed by atoms with Crippen LogP contribution in [0.4, 0.5) is 5.69 Å². The monoisotopic (exact) mass is 357 g/mol. The number of amides is 1. The Balaban J connectivity index is 1.73. The highest BCUT2D eigenvalue weighted by molar-refractivity contribution is 7.18. The highest BCUT2D eigenvalue weighted by Gasteiger charge is 2.11. The van der Waals surface area contributed by atoms with Gasteiger partial charge in [-0.05, 0) is 43.7 Å². The number of ether oxygens (including phenoxy) is 1. The van der Waals surface area contributed by atoms with Crippen LogP contribution in [0.25, 0.3) is 10.2 Å². The number of carbonyl (C=O) groups excluding carboxylic acids is 1. The molecule has 0 atom stereocenters. The Labute approximate surface area is 149 Å². The number of nitrogens with zero attached hydrogens (tertiary/aromatic N) is 2. The molecule has 1 aromatic carbocycles. The van der Waals surface area contributed by atoms with Gasteiger partial charge < -0.3 is 10.1 Å². The van der Waals surface area contributed by atoms with E-state index in [9.17, 15) is 9.59 Å². The number of benzene rings is 1. The van der Waals surface area contributed by atoms with E-state index in [-0.39, 0.29) is 18.0 Å². The van der Waals surface area contributed by atoms with E-state index in [4.69, 9.17) is 4.74 Å². The van der Waals surface area contributed by atoms with Crippen LogP contribution in [0.5, 0.6) is 5.75 Å². The highest BCUT2D eigenvalue weighted by Crippen LogP contribution is 2.21. The molecule has 2 aromatic heterocycles. The molecule has 0 unspecified atom stereocenters. The zero-order valence-electron chi connectivity index (χ0n) is 14.1. The summed E-state index contributed by atoms with van der Waals surface area (Å²) < 4.78 is 6.70. The summed E-state index contributed by atoms with van der Waals surface area (Å²) in [6.07, 6.45) is 2.29. The Kier molecular flexibility index (Phi) is 5.14. The minimum Gasteiger partial charge on any atom is -0.494 e. The molecule has 6 nitrogen and oxygen atoms in total. The van der Waals surface area contributed by atoms with Crippen LogP contribution >= 0.6 is 11.3 Å². The van der Waals surface area contributed by atoms with Crippen LogP contribution in [-0.4, -0.2) is 22.1 Å². The lowest BCUT2D eigenvalue weighted by Gasteiger charge is -2.08. The summed E-state index contributed by atoms with van der Waals surface area (Å²) in [5.41, 5.74) is 0.460. The molecule has 25 heavy (non-hydrogen) atoms. The van der Waals surface area contributed by atoms with Crippen molar-refractivity contribution in [1.29, 1.82) is 0 Å². The molecule has 130 valence electrons. The zero-order valence-corrected chi connectivity index (χ0v) is 14.9. The quantitative estimate of drug-likeness (QED) is 0.736. The molecule has 0 saturated heterocycles. The van der Waals surface area contributed by atoms with Crippen LogP contribution in [0.15, 0.2) is 41.5 Å². The van der Waals surface area contributed by atoms with E-state index >= 15 is 0 Å². The van der Waals surface area contributed by atoms with E-state index in [2.05, 4.69) is 10.3 Å². The van der Waals surface area contributed by atoms with Gasteiger partial charge in [-0.25, -0.2) is 4.98 Å². The smallest absolute Gasteiger partial charge is 0.262 e.